The van der Waals surface area contributed by atoms with Crippen molar-refractivity contribution in [3.05, 3.63) is 35.0 Å². The number of aryl methyl sites for hydroxylation is 3. The molecule has 0 aliphatic rings. The zero-order valence-electron chi connectivity index (χ0n) is 18.4. The van der Waals surface area contributed by atoms with Crippen LogP contribution < -0.4 is 9.64 Å². The number of carbonyl (C=O) groups is 1. The number of benzene rings is 1. The highest BCUT2D eigenvalue weighted by Gasteiger charge is 2.26. The number of hydrogen-bond acceptors (Lipinski definition) is 6. The minimum Gasteiger partial charge on any atom is -0.479 e. The SMILES string of the molecule is CCN(CC)CCN(C(=O)c1cn(C)nc1OC)c1nc2c(C)c(C)ccc2s1.Cl. The number of methoxy groups -OCH3 is 1. The van der Waals surface area contributed by atoms with E-state index in [2.05, 4.69) is 49.8 Å². The molecule has 1 amide bonds. The van der Waals surface area contributed by atoms with E-state index in [0.29, 0.717) is 23.1 Å². The van der Waals surface area contributed by atoms with Gasteiger partial charge in [0.25, 0.3) is 5.91 Å². The molecule has 0 spiro atoms. The number of aromatic nitrogens is 3. The van der Waals surface area contributed by atoms with Crippen LogP contribution in [0.5, 0.6) is 5.88 Å². The van der Waals surface area contributed by atoms with Crippen molar-refractivity contribution in [2.24, 2.45) is 7.05 Å². The van der Waals surface area contributed by atoms with Crippen LogP contribution in [-0.4, -0.2) is 58.9 Å². The van der Waals surface area contributed by atoms with E-state index in [1.807, 2.05) is 0 Å². The van der Waals surface area contributed by atoms with Crippen molar-refractivity contribution in [1.82, 2.24) is 19.7 Å². The molecule has 3 aromatic rings. The minimum absolute atomic E-state index is 0. The monoisotopic (exact) mass is 451 g/mol. The fourth-order valence-electron chi connectivity index (χ4n) is 3.31. The maximum atomic E-state index is 13.5. The first-order chi connectivity index (χ1) is 13.9. The number of carbonyl (C=O) groups excluding carboxylic acids is 1. The van der Waals surface area contributed by atoms with Gasteiger partial charge in [-0.3, -0.25) is 14.4 Å². The van der Waals surface area contributed by atoms with Crippen molar-refractivity contribution >= 4 is 45.0 Å². The van der Waals surface area contributed by atoms with Crippen LogP contribution in [-0.2, 0) is 7.05 Å². The van der Waals surface area contributed by atoms with Gasteiger partial charge in [0, 0.05) is 26.3 Å². The lowest BCUT2D eigenvalue weighted by Gasteiger charge is -2.24. The summed E-state index contributed by atoms with van der Waals surface area (Å²) in [6, 6.07) is 4.18. The molecule has 2 aromatic heterocycles. The number of fused-ring (bicyclic) bond motifs is 1. The Bertz CT molecular complexity index is 1010. The standard InChI is InChI=1S/C21H29N5O2S.ClH/c1-7-25(8-2)11-12-26(20(27)16-13-24(5)23-19(16)28-6)21-22-18-15(4)14(3)9-10-17(18)29-21;/h9-10,13H,7-8,11-12H2,1-6H3;1H. The molecule has 3 rings (SSSR count). The minimum atomic E-state index is -0.143. The summed E-state index contributed by atoms with van der Waals surface area (Å²) >= 11 is 1.55. The third-order valence-electron chi connectivity index (χ3n) is 5.30. The van der Waals surface area contributed by atoms with E-state index >= 15 is 0 Å². The Morgan fingerprint density at radius 1 is 1.20 bits per heavy atom. The zero-order chi connectivity index (χ0) is 21.1. The molecule has 0 aliphatic heterocycles. The maximum absolute atomic E-state index is 13.5. The van der Waals surface area contributed by atoms with Gasteiger partial charge in [0.05, 0.1) is 17.3 Å². The Balaban J connectivity index is 0.00000320. The van der Waals surface area contributed by atoms with Crippen LogP contribution in [0.2, 0.25) is 0 Å². The van der Waals surface area contributed by atoms with Crippen LogP contribution in [0.4, 0.5) is 5.13 Å². The fourth-order valence-corrected chi connectivity index (χ4v) is 4.36. The average Bonchev–Trinajstić information content (AvgIpc) is 3.31. The largest absolute Gasteiger partial charge is 0.479 e. The number of hydrogen-bond donors (Lipinski definition) is 0. The third-order valence-corrected chi connectivity index (χ3v) is 6.35. The van der Waals surface area contributed by atoms with Crippen LogP contribution >= 0.6 is 23.7 Å². The van der Waals surface area contributed by atoms with Gasteiger partial charge in [-0.25, -0.2) is 4.98 Å². The molecule has 30 heavy (non-hydrogen) atoms. The van der Waals surface area contributed by atoms with E-state index in [4.69, 9.17) is 9.72 Å². The van der Waals surface area contributed by atoms with Gasteiger partial charge in [-0.15, -0.1) is 17.5 Å². The van der Waals surface area contributed by atoms with Crippen molar-refractivity contribution in [1.29, 1.82) is 0 Å². The van der Waals surface area contributed by atoms with E-state index in [1.165, 1.54) is 12.7 Å². The van der Waals surface area contributed by atoms with Gasteiger partial charge < -0.3 is 9.64 Å². The summed E-state index contributed by atoms with van der Waals surface area (Å²) in [6.07, 6.45) is 1.70. The maximum Gasteiger partial charge on any atom is 0.267 e. The van der Waals surface area contributed by atoms with Crippen molar-refractivity contribution in [3.8, 4) is 5.88 Å². The summed E-state index contributed by atoms with van der Waals surface area (Å²) in [4.78, 5) is 22.4. The summed E-state index contributed by atoms with van der Waals surface area (Å²) < 4.78 is 8.01. The number of halogens is 1. The number of likely N-dealkylation sites (N-methyl/N-ethyl adjacent to an activating group) is 1. The molecule has 0 unspecified atom stereocenters. The van der Waals surface area contributed by atoms with Crippen LogP contribution in [0.1, 0.15) is 35.3 Å². The second-order valence-corrected chi connectivity index (χ2v) is 8.07. The predicted octanol–water partition coefficient (Wildman–Crippen LogP) is 4.07. The molecule has 0 fully saturated rings. The van der Waals surface area contributed by atoms with Gasteiger partial charge in [0.2, 0.25) is 5.88 Å². The highest BCUT2D eigenvalue weighted by Crippen LogP contribution is 2.33. The molecule has 0 N–H and O–H groups in total. The van der Waals surface area contributed by atoms with E-state index in [-0.39, 0.29) is 18.3 Å². The first-order valence-electron chi connectivity index (χ1n) is 9.88. The second kappa shape index (κ2) is 10.2. The van der Waals surface area contributed by atoms with Gasteiger partial charge in [-0.05, 0) is 44.1 Å². The summed E-state index contributed by atoms with van der Waals surface area (Å²) in [7, 11) is 3.31. The van der Waals surface area contributed by atoms with Crippen LogP contribution in [0.3, 0.4) is 0 Å². The van der Waals surface area contributed by atoms with Gasteiger partial charge in [-0.1, -0.05) is 31.3 Å². The summed E-state index contributed by atoms with van der Waals surface area (Å²) in [5.41, 5.74) is 3.76. The molecule has 1 aromatic carbocycles. The molecule has 0 radical (unpaired) electrons. The Morgan fingerprint density at radius 2 is 1.90 bits per heavy atom. The van der Waals surface area contributed by atoms with Crippen molar-refractivity contribution in [2.75, 3.05) is 38.2 Å². The van der Waals surface area contributed by atoms with E-state index in [0.717, 1.165) is 35.4 Å². The quantitative estimate of drug-likeness (QED) is 0.516. The molecule has 0 saturated carbocycles. The smallest absolute Gasteiger partial charge is 0.267 e. The Morgan fingerprint density at radius 3 is 2.53 bits per heavy atom. The summed E-state index contributed by atoms with van der Waals surface area (Å²) in [5.74, 6) is 0.189. The molecule has 2 heterocycles. The Kier molecular flexibility index (Phi) is 8.23. The van der Waals surface area contributed by atoms with Crippen LogP contribution in [0, 0.1) is 13.8 Å². The molecule has 164 valence electrons. The van der Waals surface area contributed by atoms with Gasteiger partial charge in [0.15, 0.2) is 5.13 Å². The van der Waals surface area contributed by atoms with Gasteiger partial charge in [0.1, 0.15) is 5.56 Å². The molecule has 0 atom stereocenters. The number of amides is 1. The third kappa shape index (κ3) is 4.77. The number of nitrogens with zero attached hydrogens (tertiary/aromatic N) is 5. The first-order valence-corrected chi connectivity index (χ1v) is 10.7. The predicted molar refractivity (Wildman–Crippen MR) is 126 cm³/mol. The molecule has 0 saturated heterocycles. The Labute approximate surface area is 188 Å². The normalized spacial score (nSPS) is 11.0. The summed E-state index contributed by atoms with van der Waals surface area (Å²) in [6.45, 7) is 11.6. The van der Waals surface area contributed by atoms with Crippen molar-refractivity contribution in [2.45, 2.75) is 27.7 Å². The molecule has 7 nitrogen and oxygen atoms in total. The van der Waals surface area contributed by atoms with Crippen molar-refractivity contribution < 1.29 is 9.53 Å². The molecule has 9 heteroatoms. The number of ether oxygens (including phenoxy) is 1. The lowest BCUT2D eigenvalue weighted by molar-refractivity contribution is 0.0981. The molecular weight excluding hydrogens is 422 g/mol. The molecular formula is C21H30ClN5O2S. The lowest BCUT2D eigenvalue weighted by Crippen LogP contribution is -2.38. The van der Waals surface area contributed by atoms with E-state index in [9.17, 15) is 4.79 Å². The number of anilines is 1. The molecule has 0 aliphatic carbocycles. The van der Waals surface area contributed by atoms with E-state index in [1.54, 1.807) is 34.2 Å². The first kappa shape index (κ1) is 24.1. The van der Waals surface area contributed by atoms with Crippen molar-refractivity contribution in [3.63, 3.8) is 0 Å². The lowest BCUT2D eigenvalue weighted by atomic mass is 10.1. The van der Waals surface area contributed by atoms with Gasteiger partial charge >= 0.3 is 0 Å². The highest BCUT2D eigenvalue weighted by molar-refractivity contribution is 7.22. The Hall–Kier alpha value is -2.16. The number of thiazole rings is 1. The molecule has 0 bridgehead atoms. The topological polar surface area (TPSA) is 63.5 Å². The van der Waals surface area contributed by atoms with Crippen LogP contribution in [0.25, 0.3) is 10.2 Å². The van der Waals surface area contributed by atoms with Crippen LogP contribution in [0.15, 0.2) is 18.3 Å². The summed E-state index contributed by atoms with van der Waals surface area (Å²) in [5, 5.41) is 4.95. The van der Waals surface area contributed by atoms with Gasteiger partial charge in [-0.2, -0.15) is 0 Å². The second-order valence-electron chi connectivity index (χ2n) is 7.06. The zero-order valence-corrected chi connectivity index (χ0v) is 20.1. The van der Waals surface area contributed by atoms with E-state index < -0.39 is 0 Å². The average molecular weight is 452 g/mol. The fraction of sp³-hybridized carbons (Fsp3) is 0.476. The highest BCUT2D eigenvalue weighted by atomic mass is 35.5. The number of rotatable bonds is 8.